The Bertz CT molecular complexity index is 2190. The molecule has 0 rings (SSSR count). The number of phosphoric ester groups is 2. The van der Waals surface area contributed by atoms with Crippen LogP contribution in [0.2, 0.25) is 0 Å². The molecule has 0 aromatic carbocycles. The SMILES string of the molecule is CC/C=C\C/C=C\C/C=C\C/C=C\C/C=C\C/C=C\CCCCCCC(=O)OCC(O)COP(=O)(O)OCC(O)COP(=O)(O)OCC(COC(=O)CCCCCCC/C=C\C/C=C\C/C=C\C/C=C\CCCCC)OC(=O)CCCCCCC/C=C\CCCC. The zero-order valence-electron chi connectivity index (χ0n) is 56.2. The average molecular weight is 1320 g/mol. The third-order valence-corrected chi connectivity index (χ3v) is 15.7. The van der Waals surface area contributed by atoms with Gasteiger partial charge in [-0.3, -0.25) is 32.5 Å². The van der Waals surface area contributed by atoms with Crippen LogP contribution in [0.25, 0.3) is 0 Å². The van der Waals surface area contributed by atoms with Gasteiger partial charge in [0.15, 0.2) is 6.10 Å². The number of allylic oxidation sites excluding steroid dienone is 22. The van der Waals surface area contributed by atoms with Crippen molar-refractivity contribution in [3.63, 3.8) is 0 Å². The third-order valence-electron chi connectivity index (χ3n) is 13.8. The molecule has 0 spiro atoms. The molecule has 0 aliphatic rings. The Morgan fingerprint density at radius 2 is 0.593 bits per heavy atom. The number of carbonyl (C=O) groups is 3. The second kappa shape index (κ2) is 65.7. The molecule has 0 heterocycles. The molecule has 0 aromatic heterocycles. The fourth-order valence-electron chi connectivity index (χ4n) is 8.54. The van der Waals surface area contributed by atoms with E-state index in [4.69, 9.17) is 32.3 Å². The van der Waals surface area contributed by atoms with Gasteiger partial charge in [-0.15, -0.1) is 0 Å². The molecule has 0 radical (unpaired) electrons. The lowest BCUT2D eigenvalue weighted by Crippen LogP contribution is -2.30. The summed E-state index contributed by atoms with van der Waals surface area (Å²) in [5.41, 5.74) is 0. The van der Waals surface area contributed by atoms with Crippen LogP contribution in [0.4, 0.5) is 0 Å². The van der Waals surface area contributed by atoms with Gasteiger partial charge in [0.2, 0.25) is 0 Å². The average Bonchev–Trinajstić information content (AvgIpc) is 3.58. The first-order valence-electron chi connectivity index (χ1n) is 34.5. The number of unbranched alkanes of at least 4 members (excludes halogenated alkanes) is 19. The molecule has 0 aliphatic heterocycles. The highest BCUT2D eigenvalue weighted by atomic mass is 31.2. The van der Waals surface area contributed by atoms with Gasteiger partial charge in [0.05, 0.1) is 26.4 Å². The number of aliphatic hydroxyl groups excluding tert-OH is 2. The highest BCUT2D eigenvalue weighted by Gasteiger charge is 2.29. The first-order chi connectivity index (χ1) is 44.2. The van der Waals surface area contributed by atoms with Gasteiger partial charge in [-0.25, -0.2) is 9.13 Å². The van der Waals surface area contributed by atoms with E-state index in [1.807, 2.05) is 0 Å². The smallest absolute Gasteiger partial charge is 0.463 e. The number of ether oxygens (including phenoxy) is 3. The summed E-state index contributed by atoms with van der Waals surface area (Å²) in [6.07, 6.45) is 76.5. The lowest BCUT2D eigenvalue weighted by molar-refractivity contribution is -0.161. The van der Waals surface area contributed by atoms with Gasteiger partial charge in [0, 0.05) is 19.3 Å². The fourth-order valence-corrected chi connectivity index (χ4v) is 10.1. The number of hydrogen-bond donors (Lipinski definition) is 4. The van der Waals surface area contributed by atoms with E-state index in [2.05, 4.69) is 154 Å². The van der Waals surface area contributed by atoms with Crippen molar-refractivity contribution in [1.82, 2.24) is 0 Å². The van der Waals surface area contributed by atoms with Gasteiger partial charge in [-0.1, -0.05) is 231 Å². The topological polar surface area (TPSA) is 231 Å². The molecule has 0 aliphatic carbocycles. The lowest BCUT2D eigenvalue weighted by atomic mass is 10.1. The van der Waals surface area contributed by atoms with Crippen LogP contribution in [0.1, 0.15) is 252 Å². The van der Waals surface area contributed by atoms with E-state index >= 15 is 0 Å². The van der Waals surface area contributed by atoms with Gasteiger partial charge in [-0.05, 0) is 135 Å². The van der Waals surface area contributed by atoms with Crippen LogP contribution in [0.3, 0.4) is 0 Å². The van der Waals surface area contributed by atoms with E-state index in [-0.39, 0.29) is 19.3 Å². The first kappa shape index (κ1) is 86.7. The minimum absolute atomic E-state index is 0.0855. The summed E-state index contributed by atoms with van der Waals surface area (Å²) >= 11 is 0. The van der Waals surface area contributed by atoms with Crippen molar-refractivity contribution in [3.8, 4) is 0 Å². The predicted octanol–water partition coefficient (Wildman–Crippen LogP) is 19.2. The monoisotopic (exact) mass is 1320 g/mol. The third kappa shape index (κ3) is 66.9. The van der Waals surface area contributed by atoms with E-state index in [9.17, 15) is 43.5 Å². The molecule has 4 N–H and O–H groups in total. The number of phosphoric acid groups is 2. The summed E-state index contributed by atoms with van der Waals surface area (Å²) in [7, 11) is -9.79. The Balaban J connectivity index is 4.63. The molecule has 91 heavy (non-hydrogen) atoms. The lowest BCUT2D eigenvalue weighted by Gasteiger charge is -2.21. The van der Waals surface area contributed by atoms with E-state index in [0.717, 1.165) is 154 Å². The maximum atomic E-state index is 12.9. The van der Waals surface area contributed by atoms with Crippen LogP contribution in [0, 0.1) is 0 Å². The molecule has 0 fully saturated rings. The summed E-state index contributed by atoms with van der Waals surface area (Å²) in [5, 5.41) is 20.5. The molecule has 0 saturated heterocycles. The maximum absolute atomic E-state index is 12.9. The summed E-state index contributed by atoms with van der Waals surface area (Å²) in [4.78, 5) is 58.3. The van der Waals surface area contributed by atoms with Crippen LogP contribution >= 0.6 is 15.6 Å². The van der Waals surface area contributed by atoms with Crippen molar-refractivity contribution in [1.29, 1.82) is 0 Å². The summed E-state index contributed by atoms with van der Waals surface area (Å²) in [5.74, 6) is -1.64. The molecular weight excluding hydrogens is 1190 g/mol. The number of esters is 3. The molecule has 18 heteroatoms. The summed E-state index contributed by atoms with van der Waals surface area (Å²) in [6.45, 7) is 2.40. The van der Waals surface area contributed by atoms with Crippen LogP contribution < -0.4 is 0 Å². The quantitative estimate of drug-likeness (QED) is 0.0146. The van der Waals surface area contributed by atoms with Gasteiger partial charge in [0.1, 0.15) is 25.4 Å². The maximum Gasteiger partial charge on any atom is 0.472 e. The predicted molar refractivity (Wildman–Crippen MR) is 371 cm³/mol. The van der Waals surface area contributed by atoms with Crippen molar-refractivity contribution in [3.05, 3.63) is 134 Å². The number of aliphatic hydroxyl groups is 2. The van der Waals surface area contributed by atoms with Crippen molar-refractivity contribution in [2.45, 2.75) is 270 Å². The van der Waals surface area contributed by atoms with E-state index < -0.39 is 91.5 Å². The molecule has 520 valence electrons. The second-order valence-corrected chi connectivity index (χ2v) is 25.5. The molecule has 5 unspecified atom stereocenters. The van der Waals surface area contributed by atoms with Gasteiger partial charge < -0.3 is 34.2 Å². The molecule has 0 saturated carbocycles. The molecular formula is C73H122O16P2. The van der Waals surface area contributed by atoms with Crippen molar-refractivity contribution >= 4 is 33.6 Å². The normalized spacial score (nSPS) is 15.0. The first-order valence-corrected chi connectivity index (χ1v) is 37.5. The largest absolute Gasteiger partial charge is 0.472 e. The van der Waals surface area contributed by atoms with Crippen LogP contribution in [0.15, 0.2) is 134 Å². The van der Waals surface area contributed by atoms with Gasteiger partial charge in [-0.2, -0.15) is 0 Å². The number of hydrogen-bond acceptors (Lipinski definition) is 14. The Morgan fingerprint density at radius 3 is 0.967 bits per heavy atom. The second-order valence-electron chi connectivity index (χ2n) is 22.6. The minimum Gasteiger partial charge on any atom is -0.463 e. The van der Waals surface area contributed by atoms with Crippen LogP contribution in [-0.2, 0) is 55.8 Å². The summed E-state index contributed by atoms with van der Waals surface area (Å²) in [6, 6.07) is 0. The zero-order chi connectivity index (χ0) is 66.7. The van der Waals surface area contributed by atoms with Crippen LogP contribution in [0.5, 0.6) is 0 Å². The van der Waals surface area contributed by atoms with E-state index in [0.29, 0.717) is 19.3 Å². The van der Waals surface area contributed by atoms with Crippen molar-refractivity contribution in [2.75, 3.05) is 39.6 Å². The molecule has 0 amide bonds. The Morgan fingerprint density at radius 1 is 0.319 bits per heavy atom. The zero-order valence-corrected chi connectivity index (χ0v) is 58.0. The van der Waals surface area contributed by atoms with Crippen molar-refractivity contribution in [2.24, 2.45) is 0 Å². The van der Waals surface area contributed by atoms with E-state index in [1.165, 1.54) is 38.5 Å². The highest BCUT2D eigenvalue weighted by Crippen LogP contribution is 2.45. The van der Waals surface area contributed by atoms with Crippen molar-refractivity contribution < 1.29 is 75.8 Å². The number of rotatable bonds is 64. The highest BCUT2D eigenvalue weighted by molar-refractivity contribution is 7.47. The van der Waals surface area contributed by atoms with Gasteiger partial charge >= 0.3 is 33.6 Å². The fraction of sp³-hybridized carbons (Fsp3) is 0.658. The van der Waals surface area contributed by atoms with Gasteiger partial charge in [0.25, 0.3) is 0 Å². The Kier molecular flexibility index (Phi) is 62.6. The molecule has 5 atom stereocenters. The van der Waals surface area contributed by atoms with Crippen LogP contribution in [-0.4, -0.2) is 95.9 Å². The Hall–Kier alpha value is -4.31. The molecule has 0 aromatic rings. The molecule has 16 nitrogen and oxygen atoms in total. The minimum atomic E-state index is -4.93. The Labute approximate surface area is 550 Å². The van der Waals surface area contributed by atoms with E-state index in [1.54, 1.807) is 0 Å². The molecule has 0 bridgehead atoms. The summed E-state index contributed by atoms with van der Waals surface area (Å²) < 4.78 is 60.8. The standard InChI is InChI=1S/C73H122O16P2/c1-4-7-10-13-16-19-22-24-26-28-30-32-33-35-37-38-40-42-45-47-50-53-56-59-71(76)83-62-68(74)63-85-90(79,80)86-64-69(75)65-87-91(81,82)88-67-70(89-73(78)61-58-55-52-49-44-21-18-15-12-9-6-3)66-84-72(77)60-57-54-51-48-46-43-41-39-36-34-31-29-27-25-23-20-17-14-11-8-5-2/h7,10,15-20,24-27,30-32,34-35,37,39-42,68-70,74-75H,4-6,8-9,11-14,21-23,28-29,33,36,38,43-67H2,1-3H3,(H,79,80)(H,81,82)/b10-7-,18-15-,19-16-,20-17-,26-24-,27-25-,32-30-,34-31-,37-35-,41-39-,42-40-. The number of carbonyl (C=O) groups excluding carboxylic acids is 3.